The van der Waals surface area contributed by atoms with Crippen LogP contribution in [-0.2, 0) is 19.4 Å². The Kier molecular flexibility index (Phi) is 2.95. The maximum atomic E-state index is 11.0. The molecular formula is C10H13ClN2O2. The Bertz CT molecular complexity index is 387. The Balaban J connectivity index is 2.44. The molecule has 0 aromatic carbocycles. The largest absolute Gasteiger partial charge is 0.476 e. The van der Waals surface area contributed by atoms with Crippen LogP contribution in [0, 0.1) is 0 Å². The quantitative estimate of drug-likeness (QED) is 0.802. The minimum atomic E-state index is -0.929. The van der Waals surface area contributed by atoms with E-state index in [1.165, 1.54) is 0 Å². The normalized spacial score (nSPS) is 15.0. The first-order chi connectivity index (χ1) is 7.24. The van der Waals surface area contributed by atoms with Crippen molar-refractivity contribution in [2.24, 2.45) is 0 Å². The molecule has 0 saturated heterocycles. The first-order valence-electron chi connectivity index (χ1n) is 5.11. The zero-order valence-corrected chi connectivity index (χ0v) is 9.13. The highest BCUT2D eigenvalue weighted by molar-refractivity contribution is 6.17. The van der Waals surface area contributed by atoms with Gasteiger partial charge in [0.2, 0.25) is 0 Å². The number of aromatic carboxylic acids is 1. The van der Waals surface area contributed by atoms with E-state index >= 15 is 0 Å². The number of rotatable bonds is 3. The summed E-state index contributed by atoms with van der Waals surface area (Å²) in [5, 5.41) is 9.01. The minimum absolute atomic E-state index is 0.217. The molecule has 0 radical (unpaired) electrons. The standard InChI is InChI=1S/C10H13ClN2O2/c11-5-4-8-12-9(10(14)15)7-3-1-2-6-13(7)8/h1-6H2,(H,14,15). The molecule has 0 atom stereocenters. The van der Waals surface area contributed by atoms with Crippen LogP contribution in [0.5, 0.6) is 0 Å². The van der Waals surface area contributed by atoms with Crippen molar-refractivity contribution in [2.45, 2.75) is 32.2 Å². The highest BCUT2D eigenvalue weighted by Crippen LogP contribution is 2.21. The van der Waals surface area contributed by atoms with Gasteiger partial charge in [0.15, 0.2) is 5.69 Å². The molecular weight excluding hydrogens is 216 g/mol. The molecule has 5 heteroatoms. The smallest absolute Gasteiger partial charge is 0.356 e. The maximum Gasteiger partial charge on any atom is 0.356 e. The second kappa shape index (κ2) is 4.23. The summed E-state index contributed by atoms with van der Waals surface area (Å²) >= 11 is 5.67. The van der Waals surface area contributed by atoms with E-state index in [9.17, 15) is 4.79 Å². The molecule has 0 spiro atoms. The minimum Gasteiger partial charge on any atom is -0.476 e. The number of aromatic nitrogens is 2. The number of carboxylic acid groups (broad SMARTS) is 1. The van der Waals surface area contributed by atoms with Gasteiger partial charge in [0.05, 0.1) is 5.69 Å². The average molecular weight is 229 g/mol. The Hall–Kier alpha value is -1.03. The van der Waals surface area contributed by atoms with E-state index in [1.54, 1.807) is 0 Å². The monoisotopic (exact) mass is 228 g/mol. The topological polar surface area (TPSA) is 55.1 Å². The number of hydrogen-bond acceptors (Lipinski definition) is 2. The van der Waals surface area contributed by atoms with E-state index in [0.717, 1.165) is 37.3 Å². The summed E-state index contributed by atoms with van der Waals surface area (Å²) in [4.78, 5) is 15.1. The Morgan fingerprint density at radius 1 is 1.53 bits per heavy atom. The lowest BCUT2D eigenvalue weighted by atomic mass is 10.1. The fraction of sp³-hybridized carbons (Fsp3) is 0.600. The molecule has 4 nitrogen and oxygen atoms in total. The highest BCUT2D eigenvalue weighted by Gasteiger charge is 2.23. The first-order valence-corrected chi connectivity index (χ1v) is 5.65. The van der Waals surface area contributed by atoms with Gasteiger partial charge in [-0.2, -0.15) is 0 Å². The molecule has 0 amide bonds. The van der Waals surface area contributed by atoms with Crippen LogP contribution in [0.2, 0.25) is 0 Å². The van der Waals surface area contributed by atoms with Crippen molar-refractivity contribution in [3.05, 3.63) is 17.2 Å². The second-order valence-corrected chi connectivity index (χ2v) is 4.05. The van der Waals surface area contributed by atoms with Crippen molar-refractivity contribution in [3.63, 3.8) is 0 Å². The SMILES string of the molecule is O=C(O)c1nc(CCCl)n2c1CCCC2. The number of fused-ring (bicyclic) bond motifs is 1. The van der Waals surface area contributed by atoms with Gasteiger partial charge in [0.25, 0.3) is 0 Å². The number of halogens is 1. The number of carboxylic acids is 1. The number of carbonyl (C=O) groups is 1. The lowest BCUT2D eigenvalue weighted by molar-refractivity contribution is 0.0689. The van der Waals surface area contributed by atoms with E-state index in [0.29, 0.717) is 12.3 Å². The molecule has 15 heavy (non-hydrogen) atoms. The van der Waals surface area contributed by atoms with Gasteiger partial charge in [0, 0.05) is 18.8 Å². The molecule has 82 valence electrons. The molecule has 1 aliphatic rings. The lowest BCUT2D eigenvalue weighted by Crippen LogP contribution is -2.14. The van der Waals surface area contributed by atoms with Crippen LogP contribution < -0.4 is 0 Å². The zero-order chi connectivity index (χ0) is 10.8. The molecule has 1 N–H and O–H groups in total. The van der Waals surface area contributed by atoms with Gasteiger partial charge < -0.3 is 9.67 Å². The summed E-state index contributed by atoms with van der Waals surface area (Å²) in [7, 11) is 0. The van der Waals surface area contributed by atoms with Crippen molar-refractivity contribution >= 4 is 17.6 Å². The summed E-state index contributed by atoms with van der Waals surface area (Å²) in [6, 6.07) is 0. The van der Waals surface area contributed by atoms with E-state index in [-0.39, 0.29) is 5.69 Å². The fourth-order valence-electron chi connectivity index (χ4n) is 2.06. The highest BCUT2D eigenvalue weighted by atomic mass is 35.5. The Morgan fingerprint density at radius 3 is 3.00 bits per heavy atom. The van der Waals surface area contributed by atoms with Gasteiger partial charge in [-0.1, -0.05) is 0 Å². The molecule has 2 heterocycles. The predicted octanol–water partition coefficient (Wildman–Crippen LogP) is 1.70. The summed E-state index contributed by atoms with van der Waals surface area (Å²) in [6.45, 7) is 0.877. The zero-order valence-electron chi connectivity index (χ0n) is 8.37. The van der Waals surface area contributed by atoms with Gasteiger partial charge in [0.1, 0.15) is 5.82 Å². The third-order valence-electron chi connectivity index (χ3n) is 2.72. The van der Waals surface area contributed by atoms with Gasteiger partial charge >= 0.3 is 5.97 Å². The summed E-state index contributed by atoms with van der Waals surface area (Å²) in [5.74, 6) is 0.369. The predicted molar refractivity (Wildman–Crippen MR) is 56.5 cm³/mol. The lowest BCUT2D eigenvalue weighted by Gasteiger charge is -2.16. The molecule has 0 saturated carbocycles. The fourth-order valence-corrected chi connectivity index (χ4v) is 2.23. The van der Waals surface area contributed by atoms with E-state index in [4.69, 9.17) is 16.7 Å². The summed E-state index contributed by atoms with van der Waals surface area (Å²) in [5.41, 5.74) is 1.09. The van der Waals surface area contributed by atoms with E-state index in [1.807, 2.05) is 4.57 Å². The maximum absolute atomic E-state index is 11.0. The van der Waals surface area contributed by atoms with Crippen molar-refractivity contribution in [1.82, 2.24) is 9.55 Å². The van der Waals surface area contributed by atoms with Gasteiger partial charge in [-0.3, -0.25) is 0 Å². The molecule has 0 aliphatic carbocycles. The van der Waals surface area contributed by atoms with Crippen LogP contribution in [-0.4, -0.2) is 26.5 Å². The van der Waals surface area contributed by atoms with Crippen molar-refractivity contribution in [1.29, 1.82) is 0 Å². The molecule has 0 bridgehead atoms. The Morgan fingerprint density at radius 2 is 2.33 bits per heavy atom. The van der Waals surface area contributed by atoms with Gasteiger partial charge in [-0.15, -0.1) is 11.6 Å². The number of nitrogens with zero attached hydrogens (tertiary/aromatic N) is 2. The van der Waals surface area contributed by atoms with Crippen LogP contribution in [0.3, 0.4) is 0 Å². The third-order valence-corrected chi connectivity index (χ3v) is 2.91. The number of aryl methyl sites for hydroxylation is 1. The van der Waals surface area contributed by atoms with Gasteiger partial charge in [-0.25, -0.2) is 9.78 Å². The van der Waals surface area contributed by atoms with Crippen LogP contribution in [0.15, 0.2) is 0 Å². The molecule has 1 aromatic heterocycles. The molecule has 0 unspecified atom stereocenters. The van der Waals surface area contributed by atoms with Crippen LogP contribution in [0.1, 0.15) is 34.8 Å². The summed E-state index contributed by atoms with van der Waals surface area (Å²) < 4.78 is 2.02. The first kappa shape index (κ1) is 10.5. The molecule has 1 aliphatic heterocycles. The molecule has 2 rings (SSSR count). The van der Waals surface area contributed by atoms with Crippen molar-refractivity contribution in [2.75, 3.05) is 5.88 Å². The number of alkyl halides is 1. The van der Waals surface area contributed by atoms with Crippen molar-refractivity contribution in [3.8, 4) is 0 Å². The van der Waals surface area contributed by atoms with E-state index in [2.05, 4.69) is 4.98 Å². The Labute approximate surface area is 92.9 Å². The second-order valence-electron chi connectivity index (χ2n) is 3.68. The molecule has 1 aromatic rings. The third kappa shape index (κ3) is 1.86. The van der Waals surface area contributed by atoms with Crippen molar-refractivity contribution < 1.29 is 9.90 Å². The number of hydrogen-bond donors (Lipinski definition) is 1. The van der Waals surface area contributed by atoms with Crippen LogP contribution in [0.4, 0.5) is 0 Å². The van der Waals surface area contributed by atoms with Crippen LogP contribution in [0.25, 0.3) is 0 Å². The van der Waals surface area contributed by atoms with Crippen LogP contribution >= 0.6 is 11.6 Å². The van der Waals surface area contributed by atoms with E-state index < -0.39 is 5.97 Å². The average Bonchev–Trinajstić information content (AvgIpc) is 2.59. The molecule has 0 fully saturated rings. The van der Waals surface area contributed by atoms with Gasteiger partial charge in [-0.05, 0) is 19.3 Å². The summed E-state index contributed by atoms with van der Waals surface area (Å²) in [6.07, 6.45) is 3.60. The number of imidazole rings is 1.